The zero-order chi connectivity index (χ0) is 17.1. The average Bonchev–Trinajstić information content (AvgIpc) is 2.89. The fraction of sp³-hybridized carbons (Fsp3) is 0.150. The van der Waals surface area contributed by atoms with Crippen molar-refractivity contribution in [1.29, 1.82) is 0 Å². The van der Waals surface area contributed by atoms with Crippen molar-refractivity contribution in [3.63, 3.8) is 0 Å². The number of hydrogen-bond acceptors (Lipinski definition) is 4. The van der Waals surface area contributed by atoms with Crippen LogP contribution in [-0.4, -0.2) is 13.1 Å². The number of carbonyl (C=O) groups is 1. The molecule has 0 aliphatic heterocycles. The van der Waals surface area contributed by atoms with E-state index in [1.807, 2.05) is 44.2 Å². The summed E-state index contributed by atoms with van der Waals surface area (Å²) in [4.78, 5) is 14.1. The standard InChI is InChI=1S/C20H19NO2S/c1-13-18(20(22)23-3)19(14(2)24-13)21-17-11-9-16(10-12-17)15-7-5-4-6-8-15/h4-12,21H,1-3H3. The van der Waals surface area contributed by atoms with Crippen LogP contribution in [0.5, 0.6) is 0 Å². The molecule has 0 atom stereocenters. The lowest BCUT2D eigenvalue weighted by molar-refractivity contribution is 0.0601. The van der Waals surface area contributed by atoms with E-state index in [0.717, 1.165) is 26.7 Å². The number of esters is 1. The Morgan fingerprint density at radius 3 is 2.17 bits per heavy atom. The van der Waals surface area contributed by atoms with Crippen LogP contribution in [0.25, 0.3) is 11.1 Å². The summed E-state index contributed by atoms with van der Waals surface area (Å²) in [5, 5.41) is 3.37. The number of nitrogens with one attached hydrogen (secondary N) is 1. The molecule has 2 aromatic carbocycles. The van der Waals surface area contributed by atoms with Gasteiger partial charge in [-0.05, 0) is 37.1 Å². The molecule has 0 amide bonds. The van der Waals surface area contributed by atoms with Crippen molar-refractivity contribution in [3.05, 3.63) is 69.9 Å². The number of ether oxygens (including phenoxy) is 1. The number of aryl methyl sites for hydroxylation is 2. The fourth-order valence-corrected chi connectivity index (χ4v) is 3.70. The van der Waals surface area contributed by atoms with Crippen LogP contribution in [0.15, 0.2) is 54.6 Å². The topological polar surface area (TPSA) is 38.3 Å². The molecule has 1 heterocycles. The minimum absolute atomic E-state index is 0.305. The molecule has 1 N–H and O–H groups in total. The van der Waals surface area contributed by atoms with E-state index in [0.29, 0.717) is 5.56 Å². The number of rotatable bonds is 4. The van der Waals surface area contributed by atoms with Crippen molar-refractivity contribution in [2.45, 2.75) is 13.8 Å². The highest BCUT2D eigenvalue weighted by atomic mass is 32.1. The zero-order valence-corrected chi connectivity index (χ0v) is 14.7. The van der Waals surface area contributed by atoms with Gasteiger partial charge in [-0.1, -0.05) is 42.5 Å². The first-order valence-electron chi connectivity index (χ1n) is 7.71. The molecule has 0 saturated carbocycles. The Balaban J connectivity index is 1.89. The van der Waals surface area contributed by atoms with Crippen LogP contribution in [0.2, 0.25) is 0 Å². The summed E-state index contributed by atoms with van der Waals surface area (Å²) < 4.78 is 4.91. The number of benzene rings is 2. The molecule has 3 aromatic rings. The third-order valence-electron chi connectivity index (χ3n) is 3.91. The van der Waals surface area contributed by atoms with Gasteiger partial charge in [-0.3, -0.25) is 0 Å². The molecule has 24 heavy (non-hydrogen) atoms. The molecule has 3 rings (SSSR count). The first-order valence-corrected chi connectivity index (χ1v) is 8.52. The molecule has 0 saturated heterocycles. The second-order valence-corrected chi connectivity index (χ2v) is 6.95. The first kappa shape index (κ1) is 16.3. The third-order valence-corrected chi connectivity index (χ3v) is 4.93. The summed E-state index contributed by atoms with van der Waals surface area (Å²) in [6.45, 7) is 3.94. The molecule has 0 spiro atoms. The van der Waals surface area contributed by atoms with Crippen LogP contribution in [0.4, 0.5) is 11.4 Å². The van der Waals surface area contributed by atoms with Crippen molar-refractivity contribution < 1.29 is 9.53 Å². The van der Waals surface area contributed by atoms with Gasteiger partial charge in [0.2, 0.25) is 0 Å². The van der Waals surface area contributed by atoms with Crippen molar-refractivity contribution >= 4 is 28.7 Å². The number of hydrogen-bond donors (Lipinski definition) is 1. The van der Waals surface area contributed by atoms with Gasteiger partial charge in [-0.15, -0.1) is 11.3 Å². The summed E-state index contributed by atoms with van der Waals surface area (Å²) in [6, 6.07) is 18.4. The van der Waals surface area contributed by atoms with Gasteiger partial charge in [-0.25, -0.2) is 4.79 Å². The Bertz CT molecular complexity index is 851. The van der Waals surface area contributed by atoms with Gasteiger partial charge >= 0.3 is 5.97 Å². The van der Waals surface area contributed by atoms with Gasteiger partial charge in [0.05, 0.1) is 18.4 Å². The third kappa shape index (κ3) is 3.19. The lowest BCUT2D eigenvalue weighted by atomic mass is 10.1. The molecule has 1 aromatic heterocycles. The highest BCUT2D eigenvalue weighted by Crippen LogP contribution is 2.35. The molecule has 122 valence electrons. The average molecular weight is 337 g/mol. The second-order valence-electron chi connectivity index (χ2n) is 5.52. The second kappa shape index (κ2) is 6.89. The molecular formula is C20H19NO2S. The predicted octanol–water partition coefficient (Wildman–Crippen LogP) is 5.56. The Morgan fingerprint density at radius 1 is 0.917 bits per heavy atom. The van der Waals surface area contributed by atoms with Gasteiger partial charge in [0.1, 0.15) is 0 Å². The fourth-order valence-electron chi connectivity index (χ4n) is 2.70. The quantitative estimate of drug-likeness (QED) is 0.633. The molecule has 0 radical (unpaired) electrons. The van der Waals surface area contributed by atoms with E-state index >= 15 is 0 Å². The van der Waals surface area contributed by atoms with Crippen LogP contribution >= 0.6 is 11.3 Å². The molecule has 0 bridgehead atoms. The molecule has 3 nitrogen and oxygen atoms in total. The van der Waals surface area contributed by atoms with Gasteiger partial charge < -0.3 is 10.1 Å². The summed E-state index contributed by atoms with van der Waals surface area (Å²) >= 11 is 1.60. The van der Waals surface area contributed by atoms with E-state index in [1.54, 1.807) is 11.3 Å². The van der Waals surface area contributed by atoms with Crippen LogP contribution in [0.1, 0.15) is 20.1 Å². The first-order chi connectivity index (χ1) is 11.6. The van der Waals surface area contributed by atoms with Crippen LogP contribution < -0.4 is 5.32 Å². The van der Waals surface area contributed by atoms with Crippen molar-refractivity contribution in [3.8, 4) is 11.1 Å². The largest absolute Gasteiger partial charge is 0.465 e. The lowest BCUT2D eigenvalue weighted by Crippen LogP contribution is -2.05. The SMILES string of the molecule is COC(=O)c1c(C)sc(C)c1Nc1ccc(-c2ccccc2)cc1. The van der Waals surface area contributed by atoms with Crippen LogP contribution in [0, 0.1) is 13.8 Å². The lowest BCUT2D eigenvalue weighted by Gasteiger charge is -2.10. The summed E-state index contributed by atoms with van der Waals surface area (Å²) in [7, 11) is 1.41. The summed E-state index contributed by atoms with van der Waals surface area (Å²) in [6.07, 6.45) is 0. The van der Waals surface area contributed by atoms with Crippen molar-refractivity contribution in [1.82, 2.24) is 0 Å². The maximum Gasteiger partial charge on any atom is 0.341 e. The number of methoxy groups -OCH3 is 1. The van der Waals surface area contributed by atoms with E-state index < -0.39 is 0 Å². The van der Waals surface area contributed by atoms with Crippen LogP contribution in [0.3, 0.4) is 0 Å². The Hall–Kier alpha value is -2.59. The van der Waals surface area contributed by atoms with Gasteiger partial charge in [0, 0.05) is 15.4 Å². The Labute approximate surface area is 145 Å². The van der Waals surface area contributed by atoms with E-state index in [4.69, 9.17) is 4.74 Å². The smallest absolute Gasteiger partial charge is 0.341 e. The molecule has 0 fully saturated rings. The normalized spacial score (nSPS) is 10.5. The van der Waals surface area contributed by atoms with Crippen molar-refractivity contribution in [2.75, 3.05) is 12.4 Å². The minimum atomic E-state index is -0.305. The summed E-state index contributed by atoms with van der Waals surface area (Å²) in [5.41, 5.74) is 4.74. The Kier molecular flexibility index (Phi) is 4.67. The zero-order valence-electron chi connectivity index (χ0n) is 13.9. The minimum Gasteiger partial charge on any atom is -0.465 e. The van der Waals surface area contributed by atoms with Gasteiger partial charge in [-0.2, -0.15) is 0 Å². The van der Waals surface area contributed by atoms with E-state index in [9.17, 15) is 4.79 Å². The molecular weight excluding hydrogens is 318 g/mol. The number of thiophene rings is 1. The van der Waals surface area contributed by atoms with E-state index in [1.165, 1.54) is 12.7 Å². The van der Waals surface area contributed by atoms with E-state index in [-0.39, 0.29) is 5.97 Å². The maximum absolute atomic E-state index is 12.0. The molecule has 0 aliphatic rings. The molecule has 0 unspecified atom stereocenters. The Morgan fingerprint density at radius 2 is 1.54 bits per heavy atom. The van der Waals surface area contributed by atoms with Gasteiger partial charge in [0.25, 0.3) is 0 Å². The predicted molar refractivity (Wildman–Crippen MR) is 100 cm³/mol. The molecule has 0 aliphatic carbocycles. The highest BCUT2D eigenvalue weighted by molar-refractivity contribution is 7.12. The van der Waals surface area contributed by atoms with Gasteiger partial charge in [0.15, 0.2) is 0 Å². The highest BCUT2D eigenvalue weighted by Gasteiger charge is 2.20. The monoisotopic (exact) mass is 337 g/mol. The maximum atomic E-state index is 12.0. The summed E-state index contributed by atoms with van der Waals surface area (Å²) in [5.74, 6) is -0.305. The number of carbonyl (C=O) groups excluding carboxylic acids is 1. The number of anilines is 2. The van der Waals surface area contributed by atoms with Crippen molar-refractivity contribution in [2.24, 2.45) is 0 Å². The molecule has 4 heteroatoms. The van der Waals surface area contributed by atoms with Crippen LogP contribution in [-0.2, 0) is 4.74 Å². The van der Waals surface area contributed by atoms with E-state index in [2.05, 4.69) is 29.6 Å².